The molecule has 2 aliphatic rings. The number of alkyl carbamates (subject to hydrolysis) is 2. The van der Waals surface area contributed by atoms with Crippen molar-refractivity contribution in [2.45, 2.75) is 97.4 Å². The summed E-state index contributed by atoms with van der Waals surface area (Å²) in [5.41, 5.74) is 1.32. The van der Waals surface area contributed by atoms with Gasteiger partial charge in [-0.3, -0.25) is 25.4 Å². The Balaban J connectivity index is 0.000000532. The minimum absolute atomic E-state index is 0.00910. The van der Waals surface area contributed by atoms with E-state index in [4.69, 9.17) is 38.1 Å². The molecule has 0 bridgehead atoms. The van der Waals surface area contributed by atoms with Gasteiger partial charge in [-0.2, -0.15) is 0 Å². The lowest BCUT2D eigenvalue weighted by Gasteiger charge is -2.31. The summed E-state index contributed by atoms with van der Waals surface area (Å²) in [4.78, 5) is 89.0. The standard InChI is InChI=1S/C21H28N2O6.C13H18NO7P.C10H17NO3.C5H13N3/c1-21(2,3)29-20(26)23-12-10-16(11-13-23)17(18(24)27-4)22-19(25)28-14-15-8-6-5-7-9-15;1-18-12(15)11(22(17,19-2)20-3)14-13(16)21-9-10-7-5-4-6-8-10;1-10(2,3)14-9(13)11-6-4-8(12)5-7-11;1-7(2)5(6)8(3)4/h5-9H,10-14H2,1-4H3,(H,22,25);4-8,11H,9H2,1-3H3,(H,14,16);4-7H2,1-3H3;6H,1-4H3. The molecule has 0 saturated carbocycles. The number of nitrogens with zero attached hydrogens (tertiary/aromatic N) is 4. The van der Waals surface area contributed by atoms with Crippen molar-refractivity contribution in [3.8, 4) is 0 Å². The summed E-state index contributed by atoms with van der Waals surface area (Å²) in [6.45, 7) is 12.7. The highest BCUT2D eigenvalue weighted by molar-refractivity contribution is 7.55. The number of nitrogens with one attached hydrogen (secondary N) is 3. The Morgan fingerprint density at radius 3 is 1.38 bits per heavy atom. The summed E-state index contributed by atoms with van der Waals surface area (Å²) >= 11 is 0. The van der Waals surface area contributed by atoms with Crippen LogP contribution in [0.2, 0.25) is 0 Å². The molecule has 0 spiro atoms. The molecule has 3 N–H and O–H groups in total. The van der Waals surface area contributed by atoms with Gasteiger partial charge in [-0.25, -0.2) is 28.8 Å². The molecule has 1 atom stereocenters. The topological polar surface area (TPSA) is 271 Å². The molecule has 0 aliphatic carbocycles. The Kier molecular flexibility index (Phi) is 27.9. The smallest absolute Gasteiger partial charge is 0.412 e. The van der Waals surface area contributed by atoms with Crippen LogP contribution in [-0.2, 0) is 69.6 Å². The van der Waals surface area contributed by atoms with Crippen LogP contribution in [0.25, 0.3) is 0 Å². The molecule has 1 unspecified atom stereocenters. The monoisotopic (exact) mass is 1050 g/mol. The zero-order chi connectivity index (χ0) is 55.5. The van der Waals surface area contributed by atoms with E-state index in [2.05, 4.69) is 15.4 Å². The number of ether oxygens (including phenoxy) is 6. The molecular weight excluding hydrogens is 974 g/mol. The number of carbonyl (C=O) groups is 7. The molecule has 24 heteroatoms. The summed E-state index contributed by atoms with van der Waals surface area (Å²) in [6.07, 6.45) is -0.648. The van der Waals surface area contributed by atoms with Crippen molar-refractivity contribution in [1.82, 2.24) is 30.2 Å². The third kappa shape index (κ3) is 25.5. The van der Waals surface area contributed by atoms with Crippen LogP contribution in [-0.4, -0.2) is 167 Å². The molecule has 73 heavy (non-hydrogen) atoms. The predicted octanol–water partition coefficient (Wildman–Crippen LogP) is 6.90. The van der Waals surface area contributed by atoms with Crippen LogP contribution in [0.15, 0.2) is 71.9 Å². The second-order valence-electron chi connectivity index (χ2n) is 18.3. The van der Waals surface area contributed by atoms with Crippen LogP contribution in [0.3, 0.4) is 0 Å². The molecule has 0 radical (unpaired) electrons. The average molecular weight is 1050 g/mol. The van der Waals surface area contributed by atoms with Crippen molar-refractivity contribution >= 4 is 55.7 Å². The van der Waals surface area contributed by atoms with Crippen LogP contribution < -0.4 is 10.6 Å². The van der Waals surface area contributed by atoms with Gasteiger partial charge in [0, 0.05) is 81.4 Å². The molecule has 2 aromatic carbocycles. The van der Waals surface area contributed by atoms with Crippen molar-refractivity contribution in [3.63, 3.8) is 0 Å². The summed E-state index contributed by atoms with van der Waals surface area (Å²) in [5.74, 6) is -2.49. The van der Waals surface area contributed by atoms with E-state index in [9.17, 15) is 38.1 Å². The lowest BCUT2D eigenvalue weighted by Crippen LogP contribution is -2.42. The van der Waals surface area contributed by atoms with Gasteiger partial charge in [0.25, 0.3) is 0 Å². The number of guanidine groups is 1. The maximum absolute atomic E-state index is 12.2. The van der Waals surface area contributed by atoms with Gasteiger partial charge < -0.3 is 57.1 Å². The summed E-state index contributed by atoms with van der Waals surface area (Å²) in [7, 11) is 8.02. The van der Waals surface area contributed by atoms with Gasteiger partial charge in [0.15, 0.2) is 5.96 Å². The number of ketones is 1. The molecular formula is C49H76N7O16P. The fourth-order valence-electron chi connectivity index (χ4n) is 5.99. The number of methoxy groups -OCH3 is 2. The molecule has 23 nitrogen and oxygen atoms in total. The molecule has 2 fully saturated rings. The van der Waals surface area contributed by atoms with E-state index >= 15 is 0 Å². The van der Waals surface area contributed by atoms with E-state index in [0.29, 0.717) is 63.4 Å². The molecule has 4 amide bonds. The van der Waals surface area contributed by atoms with Gasteiger partial charge in [0.1, 0.15) is 35.9 Å². The maximum atomic E-state index is 12.2. The minimum atomic E-state index is -3.90. The van der Waals surface area contributed by atoms with Crippen LogP contribution >= 0.6 is 7.60 Å². The number of Topliss-reactive ketones (excluding diaryl/α,β-unsaturated/α-hetero) is 1. The SMILES string of the molecule is CC(C)(C)OC(=O)N1CCC(=O)CC1.CN(C)C(=N)N(C)C.COC(=O)C(NC(=O)OCc1ccccc1)=C1CCN(C(=O)OC(C)(C)C)CC1.COC(=O)C(NC(=O)OCc1ccccc1)P(=O)(OC)OC. The summed E-state index contributed by atoms with van der Waals surface area (Å²) in [6, 6.07) is 18.2. The first-order valence-corrected chi connectivity index (χ1v) is 24.7. The van der Waals surface area contributed by atoms with E-state index in [1.807, 2.05) is 85.4 Å². The van der Waals surface area contributed by atoms with Gasteiger partial charge in [-0.1, -0.05) is 60.7 Å². The molecule has 0 aromatic heterocycles. The predicted molar refractivity (Wildman–Crippen MR) is 270 cm³/mol. The van der Waals surface area contributed by atoms with Crippen LogP contribution in [0.4, 0.5) is 19.2 Å². The van der Waals surface area contributed by atoms with Gasteiger partial charge >= 0.3 is 43.9 Å². The molecule has 2 aromatic rings. The Morgan fingerprint density at radius 2 is 1.04 bits per heavy atom. The number of benzene rings is 2. The van der Waals surface area contributed by atoms with E-state index in [1.165, 1.54) is 7.11 Å². The normalized spacial score (nSPS) is 13.7. The molecule has 2 saturated heterocycles. The third-order valence-electron chi connectivity index (χ3n) is 9.74. The zero-order valence-electron chi connectivity index (χ0n) is 44.7. The highest BCUT2D eigenvalue weighted by atomic mass is 31.2. The van der Waals surface area contributed by atoms with Crippen LogP contribution in [0.1, 0.15) is 78.4 Å². The quantitative estimate of drug-likeness (QED) is 0.0515. The summed E-state index contributed by atoms with van der Waals surface area (Å²) < 4.78 is 51.6. The molecule has 408 valence electrons. The Labute approximate surface area is 429 Å². The largest absolute Gasteiger partial charge is 0.467 e. The number of esters is 2. The Hall–Kier alpha value is -6.71. The van der Waals surface area contributed by atoms with Crippen LogP contribution in [0.5, 0.6) is 0 Å². The number of piperidine rings is 2. The molecule has 2 heterocycles. The number of hydrogen-bond acceptors (Lipinski definition) is 17. The number of hydrogen-bond donors (Lipinski definition) is 3. The van der Waals surface area contributed by atoms with Gasteiger partial charge in [0.05, 0.1) is 14.2 Å². The third-order valence-corrected chi connectivity index (χ3v) is 11.7. The lowest BCUT2D eigenvalue weighted by atomic mass is 10.0. The zero-order valence-corrected chi connectivity index (χ0v) is 45.6. The molecule has 4 rings (SSSR count). The summed E-state index contributed by atoms with van der Waals surface area (Å²) in [5, 5.41) is 11.9. The molecule has 2 aliphatic heterocycles. The first kappa shape index (κ1) is 64.3. The van der Waals surface area contributed by atoms with E-state index < -0.39 is 54.8 Å². The van der Waals surface area contributed by atoms with Gasteiger partial charge in [-0.05, 0) is 71.1 Å². The van der Waals surface area contributed by atoms with Crippen molar-refractivity contribution in [3.05, 3.63) is 83.1 Å². The second kappa shape index (κ2) is 31.7. The second-order valence-corrected chi connectivity index (χ2v) is 20.6. The van der Waals surface area contributed by atoms with Crippen molar-refractivity contribution < 1.29 is 75.6 Å². The number of likely N-dealkylation sites (tertiary alicyclic amines) is 2. The van der Waals surface area contributed by atoms with E-state index in [-0.39, 0.29) is 30.8 Å². The number of amides is 4. The highest BCUT2D eigenvalue weighted by Crippen LogP contribution is 2.50. The Bertz CT molecular complexity index is 2160. The Morgan fingerprint density at radius 1 is 0.644 bits per heavy atom. The van der Waals surface area contributed by atoms with Crippen molar-refractivity contribution in [2.75, 3.05) is 82.8 Å². The first-order chi connectivity index (χ1) is 34.1. The fourth-order valence-corrected chi connectivity index (χ4v) is 7.19. The van der Waals surface area contributed by atoms with Crippen molar-refractivity contribution in [1.29, 1.82) is 5.41 Å². The van der Waals surface area contributed by atoms with Crippen molar-refractivity contribution in [2.24, 2.45) is 0 Å². The maximum Gasteiger partial charge on any atom is 0.412 e. The van der Waals surface area contributed by atoms with Crippen LogP contribution in [0, 0.1) is 5.41 Å². The number of rotatable bonds is 11. The highest BCUT2D eigenvalue weighted by Gasteiger charge is 2.43. The average Bonchev–Trinajstić information content (AvgIpc) is 3.35. The van der Waals surface area contributed by atoms with Gasteiger partial charge in [0.2, 0.25) is 5.78 Å². The van der Waals surface area contributed by atoms with E-state index in [1.54, 1.807) is 64.6 Å². The van der Waals surface area contributed by atoms with E-state index in [0.717, 1.165) is 32.5 Å². The lowest BCUT2D eigenvalue weighted by molar-refractivity contribution is -0.141. The first-order valence-electron chi connectivity index (χ1n) is 23.0. The number of carbonyl (C=O) groups excluding carboxylic acids is 7. The van der Waals surface area contributed by atoms with Gasteiger partial charge in [-0.15, -0.1) is 0 Å². The minimum Gasteiger partial charge on any atom is -0.467 e. The fraction of sp³-hybridized carbons (Fsp3) is 0.551.